The van der Waals surface area contributed by atoms with Crippen LogP contribution in [0.4, 0.5) is 13.2 Å². The van der Waals surface area contributed by atoms with Crippen molar-refractivity contribution in [3.05, 3.63) is 23.3 Å². The van der Waals surface area contributed by atoms with Gasteiger partial charge in [-0.1, -0.05) is 23.8 Å². The fourth-order valence-corrected chi connectivity index (χ4v) is 2.04. The van der Waals surface area contributed by atoms with Gasteiger partial charge in [-0.05, 0) is 6.08 Å². The quantitative estimate of drug-likeness (QED) is 0.610. The number of alkyl halides is 3. The van der Waals surface area contributed by atoms with Gasteiger partial charge in [-0.25, -0.2) is 0 Å². The van der Waals surface area contributed by atoms with Crippen LogP contribution in [0.25, 0.3) is 0 Å². The van der Waals surface area contributed by atoms with Gasteiger partial charge in [-0.15, -0.1) is 0 Å². The normalized spacial score (nSPS) is 22.1. The SMILES string of the molecule is O=S(=O)=C1C(Cl)=CC=CC1C(F)(F)F. The van der Waals surface area contributed by atoms with E-state index in [1.54, 1.807) is 0 Å². The molecule has 78 valence electrons. The molecule has 0 aromatic heterocycles. The number of hydrogen-bond donors (Lipinski definition) is 0. The van der Waals surface area contributed by atoms with Gasteiger partial charge in [0.05, 0.1) is 5.03 Å². The molecule has 2 nitrogen and oxygen atoms in total. The van der Waals surface area contributed by atoms with Gasteiger partial charge >= 0.3 is 6.18 Å². The van der Waals surface area contributed by atoms with Crippen LogP contribution in [0.3, 0.4) is 0 Å². The Morgan fingerprint density at radius 1 is 1.36 bits per heavy atom. The first kappa shape index (κ1) is 11.3. The standard InChI is InChI=1S/C7H4ClF3O2S/c8-5-3-1-2-4(7(9,10)11)6(5)14(12)13/h1-4H. The fraction of sp³-hybridized carbons (Fsp3) is 0.286. The molecule has 1 aliphatic rings. The molecule has 7 heteroatoms. The van der Waals surface area contributed by atoms with Crippen molar-refractivity contribution in [1.29, 1.82) is 0 Å². The lowest BCUT2D eigenvalue weighted by molar-refractivity contribution is -0.143. The van der Waals surface area contributed by atoms with Gasteiger partial charge in [0.2, 0.25) is 10.3 Å². The van der Waals surface area contributed by atoms with E-state index in [-0.39, 0.29) is 0 Å². The Hall–Kier alpha value is -0.750. The number of rotatable bonds is 0. The van der Waals surface area contributed by atoms with Gasteiger partial charge in [0.25, 0.3) is 0 Å². The van der Waals surface area contributed by atoms with Crippen molar-refractivity contribution < 1.29 is 21.6 Å². The van der Waals surface area contributed by atoms with Crippen LogP contribution >= 0.6 is 11.6 Å². The molecule has 0 amide bonds. The largest absolute Gasteiger partial charge is 0.400 e. The Bertz CT molecular complexity index is 422. The van der Waals surface area contributed by atoms with Gasteiger partial charge in [-0.3, -0.25) is 0 Å². The molecule has 1 unspecified atom stereocenters. The average Bonchev–Trinajstić information content (AvgIpc) is 2.01. The predicted molar refractivity (Wildman–Crippen MR) is 46.5 cm³/mol. The maximum absolute atomic E-state index is 12.3. The van der Waals surface area contributed by atoms with E-state index < -0.39 is 32.3 Å². The van der Waals surface area contributed by atoms with E-state index in [4.69, 9.17) is 11.6 Å². The molecule has 0 N–H and O–H groups in total. The van der Waals surface area contributed by atoms with Crippen LogP contribution in [-0.4, -0.2) is 19.5 Å². The Labute approximate surface area is 84.2 Å². The first-order valence-corrected chi connectivity index (χ1v) is 4.86. The van der Waals surface area contributed by atoms with Crippen molar-refractivity contribution in [2.45, 2.75) is 6.18 Å². The molecule has 0 spiro atoms. The van der Waals surface area contributed by atoms with Crippen molar-refractivity contribution in [3.8, 4) is 0 Å². The Morgan fingerprint density at radius 3 is 2.29 bits per heavy atom. The molecule has 1 rings (SSSR count). The fourth-order valence-electron chi connectivity index (χ4n) is 1.01. The second-order valence-electron chi connectivity index (χ2n) is 2.52. The molecule has 0 saturated carbocycles. The highest BCUT2D eigenvalue weighted by atomic mass is 35.5. The summed E-state index contributed by atoms with van der Waals surface area (Å²) in [5, 5.41) is -0.400. The lowest BCUT2D eigenvalue weighted by Gasteiger charge is -2.18. The van der Waals surface area contributed by atoms with E-state index in [1.807, 2.05) is 0 Å². The number of halogens is 4. The highest BCUT2D eigenvalue weighted by Crippen LogP contribution is 2.33. The molecule has 0 aliphatic heterocycles. The minimum Gasteiger partial charge on any atom is -0.184 e. The van der Waals surface area contributed by atoms with E-state index in [1.165, 1.54) is 0 Å². The van der Waals surface area contributed by atoms with Gasteiger partial charge in [0, 0.05) is 0 Å². The van der Waals surface area contributed by atoms with Gasteiger partial charge in [-0.2, -0.15) is 21.6 Å². The maximum Gasteiger partial charge on any atom is 0.400 e. The van der Waals surface area contributed by atoms with E-state index in [9.17, 15) is 21.6 Å². The van der Waals surface area contributed by atoms with Crippen molar-refractivity contribution in [3.63, 3.8) is 0 Å². The maximum atomic E-state index is 12.3. The molecular weight excluding hydrogens is 241 g/mol. The molecule has 14 heavy (non-hydrogen) atoms. The summed E-state index contributed by atoms with van der Waals surface area (Å²) >= 11 is 5.36. The Balaban J connectivity index is 3.31. The molecule has 0 radical (unpaired) electrons. The Kier molecular flexibility index (Phi) is 3.06. The van der Waals surface area contributed by atoms with Crippen LogP contribution in [0.5, 0.6) is 0 Å². The molecule has 1 atom stereocenters. The van der Waals surface area contributed by atoms with Gasteiger partial charge < -0.3 is 0 Å². The first-order chi connectivity index (χ1) is 6.34. The minimum absolute atomic E-state index is 0.400. The zero-order valence-corrected chi connectivity index (χ0v) is 8.12. The van der Waals surface area contributed by atoms with E-state index in [0.29, 0.717) is 0 Å². The molecule has 0 fully saturated rings. The van der Waals surface area contributed by atoms with Crippen molar-refractivity contribution in [1.82, 2.24) is 0 Å². The van der Waals surface area contributed by atoms with Crippen LogP contribution in [0.15, 0.2) is 23.3 Å². The zero-order valence-electron chi connectivity index (χ0n) is 6.55. The summed E-state index contributed by atoms with van der Waals surface area (Å²) in [5.41, 5.74) is 0. The number of hydrogen-bond acceptors (Lipinski definition) is 2. The average molecular weight is 245 g/mol. The van der Waals surface area contributed by atoms with E-state index in [0.717, 1.165) is 18.2 Å². The topological polar surface area (TPSA) is 34.1 Å². The summed E-state index contributed by atoms with van der Waals surface area (Å²) in [6, 6.07) is 0. The molecule has 0 bridgehead atoms. The lowest BCUT2D eigenvalue weighted by Crippen LogP contribution is -2.31. The summed E-state index contributed by atoms with van der Waals surface area (Å²) in [6.45, 7) is 0. The molecule has 1 aliphatic carbocycles. The smallest absolute Gasteiger partial charge is 0.184 e. The highest BCUT2D eigenvalue weighted by molar-refractivity contribution is 7.73. The molecule has 0 saturated heterocycles. The second-order valence-corrected chi connectivity index (χ2v) is 3.83. The van der Waals surface area contributed by atoms with Gasteiger partial charge in [0.1, 0.15) is 10.8 Å². The van der Waals surface area contributed by atoms with Crippen LogP contribution in [-0.2, 0) is 10.3 Å². The predicted octanol–water partition coefficient (Wildman–Crippen LogP) is 1.91. The Morgan fingerprint density at radius 2 is 1.93 bits per heavy atom. The molecular formula is C7H4ClF3O2S. The van der Waals surface area contributed by atoms with Crippen LogP contribution in [0, 0.1) is 5.92 Å². The van der Waals surface area contributed by atoms with Crippen molar-refractivity contribution >= 4 is 26.8 Å². The minimum atomic E-state index is -4.64. The summed E-state index contributed by atoms with van der Waals surface area (Å²) < 4.78 is 57.9. The summed E-state index contributed by atoms with van der Waals surface area (Å²) in [6.07, 6.45) is -1.71. The van der Waals surface area contributed by atoms with Crippen molar-refractivity contribution in [2.75, 3.05) is 0 Å². The van der Waals surface area contributed by atoms with Gasteiger partial charge in [0.15, 0.2) is 0 Å². The summed E-state index contributed by atoms with van der Waals surface area (Å²) in [5.74, 6) is -2.14. The molecule has 0 aromatic rings. The lowest BCUT2D eigenvalue weighted by atomic mass is 10.00. The van der Waals surface area contributed by atoms with Crippen LogP contribution in [0.2, 0.25) is 0 Å². The molecule has 0 heterocycles. The summed E-state index contributed by atoms with van der Waals surface area (Å²) in [7, 11) is -2.96. The van der Waals surface area contributed by atoms with E-state index >= 15 is 0 Å². The highest BCUT2D eigenvalue weighted by Gasteiger charge is 2.43. The third kappa shape index (κ3) is 2.19. The monoisotopic (exact) mass is 244 g/mol. The second kappa shape index (κ2) is 3.78. The molecule has 0 aromatic carbocycles. The van der Waals surface area contributed by atoms with Crippen LogP contribution < -0.4 is 0 Å². The first-order valence-electron chi connectivity index (χ1n) is 3.41. The third-order valence-electron chi connectivity index (χ3n) is 1.60. The third-order valence-corrected chi connectivity index (χ3v) is 2.87. The summed E-state index contributed by atoms with van der Waals surface area (Å²) in [4.78, 5) is -0.832. The van der Waals surface area contributed by atoms with Crippen LogP contribution in [0.1, 0.15) is 0 Å². The number of allylic oxidation sites excluding steroid dienone is 4. The zero-order chi connectivity index (χ0) is 10.9. The van der Waals surface area contributed by atoms with Crippen molar-refractivity contribution in [2.24, 2.45) is 5.92 Å². The van der Waals surface area contributed by atoms with E-state index in [2.05, 4.69) is 0 Å².